The monoisotopic (exact) mass is 441 g/mol. The first-order chi connectivity index (χ1) is 14.7. The second-order valence-corrected chi connectivity index (χ2v) is 11.5. The number of hydrogen-bond donors (Lipinski definition) is 0. The first-order valence-corrected chi connectivity index (χ1v) is 13.0. The summed E-state index contributed by atoms with van der Waals surface area (Å²) >= 11 is 3.28. The Kier molecular flexibility index (Phi) is 4.79. The molecule has 3 fully saturated rings. The summed E-state index contributed by atoms with van der Waals surface area (Å²) in [6.45, 7) is 1.86. The molecular formula is C23H27N3O2S2. The molecule has 5 nitrogen and oxygen atoms in total. The van der Waals surface area contributed by atoms with Crippen molar-refractivity contribution in [2.45, 2.75) is 61.3 Å². The van der Waals surface area contributed by atoms with Crippen LogP contribution in [-0.2, 0) is 11.3 Å². The highest BCUT2D eigenvalue weighted by atomic mass is 32.2. The summed E-state index contributed by atoms with van der Waals surface area (Å²) in [5.74, 6) is 2.45. The third kappa shape index (κ3) is 3.00. The van der Waals surface area contributed by atoms with Crippen molar-refractivity contribution in [1.82, 2.24) is 14.5 Å². The van der Waals surface area contributed by atoms with Gasteiger partial charge in [0.25, 0.3) is 0 Å². The molecule has 0 radical (unpaired) electrons. The number of rotatable bonds is 3. The number of likely N-dealkylation sites (tertiary alicyclic amines) is 1. The van der Waals surface area contributed by atoms with Crippen molar-refractivity contribution in [1.29, 1.82) is 0 Å². The van der Waals surface area contributed by atoms with Gasteiger partial charge < -0.3 is 4.90 Å². The predicted molar refractivity (Wildman–Crippen MR) is 119 cm³/mol. The molecule has 2 saturated carbocycles. The quantitative estimate of drug-likeness (QED) is 0.723. The fourth-order valence-electron chi connectivity index (χ4n) is 6.40. The number of pyridine rings is 1. The van der Waals surface area contributed by atoms with Crippen molar-refractivity contribution in [3.05, 3.63) is 44.6 Å². The molecule has 5 atom stereocenters. The lowest BCUT2D eigenvalue weighted by Gasteiger charge is -2.40. The van der Waals surface area contributed by atoms with E-state index in [2.05, 4.69) is 11.1 Å². The number of amides is 1. The molecule has 158 valence electrons. The highest BCUT2D eigenvalue weighted by Gasteiger charge is 2.55. The van der Waals surface area contributed by atoms with Crippen molar-refractivity contribution in [3.63, 3.8) is 0 Å². The van der Waals surface area contributed by atoms with Crippen LogP contribution in [0.3, 0.4) is 0 Å². The van der Waals surface area contributed by atoms with Crippen LogP contribution in [0.4, 0.5) is 0 Å². The first-order valence-electron chi connectivity index (χ1n) is 11.3. The molecule has 0 N–H and O–H groups in total. The van der Waals surface area contributed by atoms with Gasteiger partial charge in [0.2, 0.25) is 5.91 Å². The lowest BCUT2D eigenvalue weighted by atomic mass is 9.75. The summed E-state index contributed by atoms with van der Waals surface area (Å²) in [4.78, 5) is 33.6. The van der Waals surface area contributed by atoms with Gasteiger partial charge in [0, 0.05) is 41.5 Å². The zero-order valence-electron chi connectivity index (χ0n) is 17.0. The molecule has 2 aliphatic heterocycles. The maximum atomic E-state index is 13.1. The number of piperidine rings is 1. The second kappa shape index (κ2) is 7.52. The van der Waals surface area contributed by atoms with Crippen molar-refractivity contribution in [3.8, 4) is 0 Å². The molecule has 2 aromatic heterocycles. The Morgan fingerprint density at radius 3 is 2.80 bits per heavy atom. The molecule has 1 amide bonds. The molecule has 0 spiro atoms. The molecular weight excluding hydrogens is 414 g/mol. The molecule has 4 aliphatic rings. The van der Waals surface area contributed by atoms with Crippen LogP contribution < -0.4 is 4.87 Å². The van der Waals surface area contributed by atoms with E-state index in [9.17, 15) is 9.59 Å². The van der Waals surface area contributed by atoms with Gasteiger partial charge in [-0.1, -0.05) is 17.4 Å². The summed E-state index contributed by atoms with van der Waals surface area (Å²) in [6.07, 6.45) is 11.1. The van der Waals surface area contributed by atoms with Crippen molar-refractivity contribution < 1.29 is 4.79 Å². The van der Waals surface area contributed by atoms with E-state index < -0.39 is 0 Å². The number of carbonyl (C=O) groups is 1. The maximum Gasteiger partial charge on any atom is 0.308 e. The summed E-state index contributed by atoms with van der Waals surface area (Å²) in [5.41, 5.74) is 1.23. The molecule has 4 unspecified atom stereocenters. The van der Waals surface area contributed by atoms with Crippen molar-refractivity contribution >= 4 is 29.0 Å². The molecule has 30 heavy (non-hydrogen) atoms. The van der Waals surface area contributed by atoms with Gasteiger partial charge in [0.1, 0.15) is 6.54 Å². The Bertz CT molecular complexity index is 1010. The van der Waals surface area contributed by atoms with E-state index in [4.69, 9.17) is 0 Å². The Morgan fingerprint density at radius 2 is 2.00 bits per heavy atom. The van der Waals surface area contributed by atoms with E-state index in [0.717, 1.165) is 42.8 Å². The van der Waals surface area contributed by atoms with E-state index in [-0.39, 0.29) is 23.2 Å². The third-order valence-corrected chi connectivity index (χ3v) is 10.6. The van der Waals surface area contributed by atoms with Crippen LogP contribution in [-0.4, -0.2) is 38.7 Å². The number of carbonyl (C=O) groups excluding carboxylic acids is 1. The van der Waals surface area contributed by atoms with E-state index in [1.807, 2.05) is 35.1 Å². The predicted octanol–water partition coefficient (Wildman–Crippen LogP) is 3.97. The van der Waals surface area contributed by atoms with Gasteiger partial charge in [0.15, 0.2) is 0 Å². The Balaban J connectivity index is 1.40. The van der Waals surface area contributed by atoms with Crippen LogP contribution in [0.5, 0.6) is 0 Å². The van der Waals surface area contributed by atoms with Crippen molar-refractivity contribution in [2.24, 2.45) is 17.8 Å². The van der Waals surface area contributed by atoms with Crippen LogP contribution in [0.1, 0.15) is 54.9 Å². The topological polar surface area (TPSA) is 55.2 Å². The van der Waals surface area contributed by atoms with E-state index in [0.29, 0.717) is 11.2 Å². The molecule has 0 aromatic carbocycles. The minimum absolute atomic E-state index is 0.0269. The van der Waals surface area contributed by atoms with Crippen molar-refractivity contribution in [2.75, 3.05) is 13.1 Å². The van der Waals surface area contributed by atoms with Gasteiger partial charge >= 0.3 is 4.87 Å². The number of nitrogens with zero attached hydrogens (tertiary/aromatic N) is 3. The fourth-order valence-corrected chi connectivity index (χ4v) is 9.55. The van der Waals surface area contributed by atoms with Gasteiger partial charge in [0.05, 0.1) is 5.03 Å². The Hall–Kier alpha value is -1.60. The largest absolute Gasteiger partial charge is 0.341 e. The minimum Gasteiger partial charge on any atom is -0.341 e. The van der Waals surface area contributed by atoms with E-state index in [1.54, 1.807) is 4.57 Å². The SMILES string of the molecule is O=C(Cn1c2c(sc1=O)[C@H](c1cccnc1)C1C3CCC(C3)C1S2)N1CCCCC1. The standard InChI is InChI=1S/C23H27N3O2S2/c27-17(25-9-2-1-3-10-25)13-26-22-21(30-23(26)28)19(16-5-4-8-24-12-16)18-14-6-7-15(11-14)20(18)29-22/h4-5,8,12,14-15,18-20H,1-3,6-7,9-11,13H2/t14?,15?,18?,19-,20?/m1/s1. The minimum atomic E-state index is 0.0269. The van der Waals surface area contributed by atoms with Gasteiger partial charge in [-0.15, -0.1) is 11.8 Å². The average Bonchev–Trinajstić information content (AvgIpc) is 3.48. The third-order valence-electron chi connectivity index (χ3n) is 7.74. The van der Waals surface area contributed by atoms with Crippen LogP contribution >= 0.6 is 23.1 Å². The average molecular weight is 442 g/mol. The van der Waals surface area contributed by atoms with E-state index in [1.165, 1.54) is 47.5 Å². The van der Waals surface area contributed by atoms with Gasteiger partial charge in [-0.2, -0.15) is 0 Å². The fraction of sp³-hybridized carbons (Fsp3) is 0.609. The molecule has 2 bridgehead atoms. The zero-order chi connectivity index (χ0) is 20.2. The lowest BCUT2D eigenvalue weighted by molar-refractivity contribution is -0.132. The number of fused-ring (bicyclic) bond motifs is 6. The summed E-state index contributed by atoms with van der Waals surface area (Å²) in [7, 11) is 0. The maximum absolute atomic E-state index is 13.1. The number of thioether (sulfide) groups is 1. The van der Waals surface area contributed by atoms with Gasteiger partial charge in [-0.3, -0.25) is 19.1 Å². The molecule has 2 aliphatic carbocycles. The number of thiazole rings is 1. The molecule has 7 heteroatoms. The van der Waals surface area contributed by atoms with Crippen LogP contribution in [0.25, 0.3) is 0 Å². The van der Waals surface area contributed by atoms with Gasteiger partial charge in [-0.25, -0.2) is 0 Å². The molecule has 4 heterocycles. The number of aromatic nitrogens is 2. The molecule has 1 saturated heterocycles. The normalized spacial score (nSPS) is 32.1. The summed E-state index contributed by atoms with van der Waals surface area (Å²) in [5, 5.41) is 1.63. The Morgan fingerprint density at radius 1 is 1.17 bits per heavy atom. The highest BCUT2D eigenvalue weighted by Crippen LogP contribution is 2.63. The Labute approximate surface area is 184 Å². The van der Waals surface area contributed by atoms with Crippen LogP contribution in [0, 0.1) is 17.8 Å². The van der Waals surface area contributed by atoms with Gasteiger partial charge in [-0.05, 0) is 67.9 Å². The zero-order valence-corrected chi connectivity index (χ0v) is 18.7. The number of hydrogen-bond acceptors (Lipinski definition) is 5. The molecule has 2 aromatic rings. The van der Waals surface area contributed by atoms with E-state index >= 15 is 0 Å². The smallest absolute Gasteiger partial charge is 0.308 e. The molecule has 6 rings (SSSR count). The first kappa shape index (κ1) is 19.1. The summed E-state index contributed by atoms with van der Waals surface area (Å²) < 4.78 is 1.80. The second-order valence-electron chi connectivity index (χ2n) is 9.32. The lowest BCUT2D eigenvalue weighted by Crippen LogP contribution is -2.39. The highest BCUT2D eigenvalue weighted by molar-refractivity contribution is 8.00. The summed E-state index contributed by atoms with van der Waals surface area (Å²) in [6, 6.07) is 4.19. The van der Waals surface area contributed by atoms with Crippen LogP contribution in [0.2, 0.25) is 0 Å². The van der Waals surface area contributed by atoms with Crippen LogP contribution in [0.15, 0.2) is 34.3 Å².